The van der Waals surface area contributed by atoms with E-state index in [1.807, 2.05) is 6.07 Å². The van der Waals surface area contributed by atoms with Gasteiger partial charge in [-0.3, -0.25) is 9.36 Å². The molecule has 44 heavy (non-hydrogen) atoms. The molecule has 0 saturated carbocycles. The minimum absolute atomic E-state index is 0.0109. The average molecular weight is 586 g/mol. The Labute approximate surface area is 257 Å². The third-order valence-electron chi connectivity index (χ3n) is 9.09. The molecule has 1 amide bonds. The molecule has 6 aromatic rings. The van der Waals surface area contributed by atoms with Crippen LogP contribution in [0.1, 0.15) is 54.1 Å². The van der Waals surface area contributed by atoms with Crippen molar-refractivity contribution in [1.82, 2.24) is 35.4 Å². The maximum absolute atomic E-state index is 13.7. The van der Waals surface area contributed by atoms with Gasteiger partial charge < -0.3 is 20.6 Å². The Hall–Kier alpha value is -4.69. The number of aromatic amines is 2. The van der Waals surface area contributed by atoms with E-state index in [-0.39, 0.29) is 17.9 Å². The van der Waals surface area contributed by atoms with Crippen LogP contribution in [0.3, 0.4) is 0 Å². The third-order valence-corrected chi connectivity index (χ3v) is 9.09. The summed E-state index contributed by atoms with van der Waals surface area (Å²) < 4.78 is 2.18. The molecule has 4 N–H and O–H groups in total. The molecular formula is C36H39N7O. The van der Waals surface area contributed by atoms with Crippen molar-refractivity contribution < 1.29 is 4.79 Å². The first kappa shape index (κ1) is 28.1. The van der Waals surface area contributed by atoms with Crippen molar-refractivity contribution in [2.24, 2.45) is 5.92 Å². The standard InChI is InChI=1S/C36H39N7O/c1-2-24-11-14-28(15-12-24)43-34(16-13-26-22-38-31-9-5-3-7-29(26)31)41-42-35(43)33(40-36(44)25-17-19-37-20-18-25)21-27-23-39-32-10-6-4-8-30(27)32/h3-12,14-15,22-23,25,33,37-39H,2,13,16-21H2,1H3,(H,40,44)/t33-/m1/s1. The summed E-state index contributed by atoms with van der Waals surface area (Å²) in [6.07, 6.45) is 8.95. The van der Waals surface area contributed by atoms with Gasteiger partial charge in [0.1, 0.15) is 5.82 Å². The maximum atomic E-state index is 13.7. The molecule has 1 saturated heterocycles. The second kappa shape index (κ2) is 12.5. The van der Waals surface area contributed by atoms with Gasteiger partial charge in [-0.25, -0.2) is 0 Å². The Bertz CT molecular complexity index is 1870. The van der Waals surface area contributed by atoms with Gasteiger partial charge in [0.2, 0.25) is 5.91 Å². The third kappa shape index (κ3) is 5.65. The van der Waals surface area contributed by atoms with Gasteiger partial charge in [0.05, 0.1) is 6.04 Å². The number of benzene rings is 3. The number of rotatable bonds is 10. The number of carbonyl (C=O) groups excluding carboxylic acids is 1. The SMILES string of the molecule is CCc1ccc(-n2c(CCc3c[nH]c4ccccc34)nnc2[C@@H](Cc2c[nH]c3ccccc23)NC(=O)C2CCNCC2)cc1. The van der Waals surface area contributed by atoms with Crippen molar-refractivity contribution in [3.63, 3.8) is 0 Å². The monoisotopic (exact) mass is 585 g/mol. The van der Waals surface area contributed by atoms with E-state index in [1.165, 1.54) is 16.5 Å². The van der Waals surface area contributed by atoms with Crippen LogP contribution in [0, 0.1) is 5.92 Å². The van der Waals surface area contributed by atoms with Crippen LogP contribution in [0.25, 0.3) is 27.5 Å². The van der Waals surface area contributed by atoms with E-state index in [0.29, 0.717) is 12.8 Å². The van der Waals surface area contributed by atoms with E-state index in [2.05, 4.69) is 111 Å². The van der Waals surface area contributed by atoms with Gasteiger partial charge in [0.25, 0.3) is 0 Å². The van der Waals surface area contributed by atoms with Crippen LogP contribution < -0.4 is 10.6 Å². The molecule has 0 bridgehead atoms. The zero-order chi connectivity index (χ0) is 29.9. The molecular weight excluding hydrogens is 546 g/mol. The first-order chi connectivity index (χ1) is 21.7. The molecule has 8 nitrogen and oxygen atoms in total. The average Bonchev–Trinajstić information content (AvgIpc) is 3.81. The van der Waals surface area contributed by atoms with Crippen LogP contribution >= 0.6 is 0 Å². The molecule has 0 spiro atoms. The van der Waals surface area contributed by atoms with Gasteiger partial charge in [-0.2, -0.15) is 0 Å². The van der Waals surface area contributed by atoms with E-state index in [9.17, 15) is 4.79 Å². The van der Waals surface area contributed by atoms with Gasteiger partial charge in [0.15, 0.2) is 5.82 Å². The van der Waals surface area contributed by atoms with Crippen LogP contribution in [0.15, 0.2) is 85.2 Å². The fraction of sp³-hybridized carbons (Fsp3) is 0.306. The molecule has 0 radical (unpaired) electrons. The Morgan fingerprint density at radius 3 is 2.23 bits per heavy atom. The van der Waals surface area contributed by atoms with Crippen molar-refractivity contribution in [2.45, 2.75) is 51.5 Å². The van der Waals surface area contributed by atoms with Crippen molar-refractivity contribution >= 4 is 27.7 Å². The molecule has 7 rings (SSSR count). The van der Waals surface area contributed by atoms with Crippen molar-refractivity contribution in [3.8, 4) is 5.69 Å². The molecule has 8 heteroatoms. The minimum atomic E-state index is -0.350. The van der Waals surface area contributed by atoms with E-state index in [1.54, 1.807) is 0 Å². The first-order valence-electron chi connectivity index (χ1n) is 15.8. The summed E-state index contributed by atoms with van der Waals surface area (Å²) in [5.74, 6) is 1.72. The second-order valence-electron chi connectivity index (χ2n) is 11.8. The predicted octanol–water partition coefficient (Wildman–Crippen LogP) is 5.98. The number of amides is 1. The van der Waals surface area contributed by atoms with Crippen molar-refractivity contribution in [2.75, 3.05) is 13.1 Å². The highest BCUT2D eigenvalue weighted by molar-refractivity contribution is 5.84. The fourth-order valence-corrected chi connectivity index (χ4v) is 6.57. The van der Waals surface area contributed by atoms with E-state index < -0.39 is 0 Å². The fourth-order valence-electron chi connectivity index (χ4n) is 6.57. The lowest BCUT2D eigenvalue weighted by Gasteiger charge is -2.26. The van der Waals surface area contributed by atoms with Gasteiger partial charge in [-0.1, -0.05) is 55.5 Å². The quantitative estimate of drug-likeness (QED) is 0.159. The summed E-state index contributed by atoms with van der Waals surface area (Å²) in [6.45, 7) is 3.89. The highest BCUT2D eigenvalue weighted by Crippen LogP contribution is 2.28. The Balaban J connectivity index is 1.27. The number of nitrogens with one attached hydrogen (secondary N) is 4. The van der Waals surface area contributed by atoms with Gasteiger partial charge in [0, 0.05) is 58.6 Å². The summed E-state index contributed by atoms with van der Waals surface area (Å²) in [5, 5.41) is 18.8. The Morgan fingerprint density at radius 1 is 0.864 bits per heavy atom. The van der Waals surface area contributed by atoms with Crippen LogP contribution in [-0.2, 0) is 30.5 Å². The molecule has 0 aliphatic carbocycles. The summed E-state index contributed by atoms with van der Waals surface area (Å²) in [5.41, 5.74) is 6.91. The van der Waals surface area contributed by atoms with Crippen LogP contribution in [0.4, 0.5) is 0 Å². The molecule has 1 aliphatic heterocycles. The molecule has 0 unspecified atom stereocenters. The van der Waals surface area contributed by atoms with Crippen LogP contribution in [0.2, 0.25) is 0 Å². The number of nitrogens with zero attached hydrogens (tertiary/aromatic N) is 3. The molecule has 1 atom stereocenters. The predicted molar refractivity (Wildman–Crippen MR) is 175 cm³/mol. The number of hydrogen-bond donors (Lipinski definition) is 4. The number of carbonyl (C=O) groups is 1. The number of hydrogen-bond acceptors (Lipinski definition) is 4. The zero-order valence-electron chi connectivity index (χ0n) is 25.1. The number of fused-ring (bicyclic) bond motifs is 2. The molecule has 1 fully saturated rings. The maximum Gasteiger partial charge on any atom is 0.223 e. The number of aryl methyl sites for hydroxylation is 3. The Kier molecular flexibility index (Phi) is 7.99. The van der Waals surface area contributed by atoms with Gasteiger partial charge in [-0.15, -0.1) is 10.2 Å². The number of H-pyrrole nitrogens is 2. The summed E-state index contributed by atoms with van der Waals surface area (Å²) in [4.78, 5) is 20.5. The summed E-state index contributed by atoms with van der Waals surface area (Å²) in [6, 6.07) is 25.0. The molecule has 3 aromatic carbocycles. The smallest absolute Gasteiger partial charge is 0.223 e. The molecule has 1 aliphatic rings. The first-order valence-corrected chi connectivity index (χ1v) is 15.8. The second-order valence-corrected chi connectivity index (χ2v) is 11.8. The molecule has 4 heterocycles. The largest absolute Gasteiger partial charge is 0.361 e. The highest BCUT2D eigenvalue weighted by Gasteiger charge is 2.29. The van der Waals surface area contributed by atoms with Gasteiger partial charge in [-0.05, 0) is 79.7 Å². The summed E-state index contributed by atoms with van der Waals surface area (Å²) >= 11 is 0. The summed E-state index contributed by atoms with van der Waals surface area (Å²) in [7, 11) is 0. The van der Waals surface area contributed by atoms with Crippen molar-refractivity contribution in [1.29, 1.82) is 0 Å². The van der Waals surface area contributed by atoms with Crippen molar-refractivity contribution in [3.05, 3.63) is 114 Å². The molecule has 224 valence electrons. The van der Waals surface area contributed by atoms with Crippen LogP contribution in [-0.4, -0.2) is 43.7 Å². The topological polar surface area (TPSA) is 103 Å². The zero-order valence-corrected chi connectivity index (χ0v) is 25.1. The van der Waals surface area contributed by atoms with E-state index in [0.717, 1.165) is 78.1 Å². The number of piperidine rings is 1. The lowest BCUT2D eigenvalue weighted by atomic mass is 9.96. The van der Waals surface area contributed by atoms with Crippen LogP contribution in [0.5, 0.6) is 0 Å². The van der Waals surface area contributed by atoms with Gasteiger partial charge >= 0.3 is 0 Å². The minimum Gasteiger partial charge on any atom is -0.361 e. The highest BCUT2D eigenvalue weighted by atomic mass is 16.2. The molecule has 3 aromatic heterocycles. The number of aromatic nitrogens is 5. The lowest BCUT2D eigenvalue weighted by Crippen LogP contribution is -2.40. The van der Waals surface area contributed by atoms with E-state index >= 15 is 0 Å². The lowest BCUT2D eigenvalue weighted by molar-refractivity contribution is -0.126. The number of para-hydroxylation sites is 2. The van der Waals surface area contributed by atoms with E-state index in [4.69, 9.17) is 10.2 Å². The Morgan fingerprint density at radius 2 is 1.52 bits per heavy atom. The normalized spacial score (nSPS) is 14.8.